The molecule has 2 unspecified atom stereocenters. The molecule has 0 saturated heterocycles. The van der Waals surface area contributed by atoms with E-state index in [2.05, 4.69) is 43.5 Å². The van der Waals surface area contributed by atoms with Gasteiger partial charge in [0.2, 0.25) is 5.91 Å². The number of carbonyl (C=O) groups is 2. The lowest BCUT2D eigenvalue weighted by atomic mass is 10.0. The predicted molar refractivity (Wildman–Crippen MR) is 287 cm³/mol. The number of hydrogen-bond donors (Lipinski definition) is 3. The molecule has 0 bridgehead atoms. The van der Waals surface area contributed by atoms with E-state index in [0.717, 1.165) is 57.8 Å². The van der Waals surface area contributed by atoms with Crippen molar-refractivity contribution in [3.05, 3.63) is 24.3 Å². The molecule has 6 heteroatoms. The van der Waals surface area contributed by atoms with Crippen LogP contribution in [-0.2, 0) is 14.3 Å². The van der Waals surface area contributed by atoms with Gasteiger partial charge < -0.3 is 20.3 Å². The molecule has 0 heterocycles. The number of ether oxygens (including phenoxy) is 1. The normalized spacial score (nSPS) is 12.7. The molecule has 0 rings (SSSR count). The molecule has 2 atom stereocenters. The Balaban J connectivity index is 3.44. The van der Waals surface area contributed by atoms with E-state index in [9.17, 15) is 19.8 Å². The molecular weight excluding hydrogens is 815 g/mol. The van der Waals surface area contributed by atoms with Crippen LogP contribution in [0.15, 0.2) is 24.3 Å². The fourth-order valence-electron chi connectivity index (χ4n) is 9.21. The first kappa shape index (κ1) is 64.3. The van der Waals surface area contributed by atoms with E-state index in [-0.39, 0.29) is 18.5 Å². The van der Waals surface area contributed by atoms with E-state index < -0.39 is 12.1 Å². The Bertz CT molecular complexity index is 1030. The zero-order valence-electron chi connectivity index (χ0n) is 44.4. The van der Waals surface area contributed by atoms with Crippen LogP contribution in [0.25, 0.3) is 0 Å². The third-order valence-electron chi connectivity index (χ3n) is 13.7. The van der Waals surface area contributed by atoms with Crippen LogP contribution in [0.5, 0.6) is 0 Å². The molecule has 0 radical (unpaired) electrons. The number of unbranched alkanes of at least 4 members (excludes halogenated alkanes) is 40. The summed E-state index contributed by atoms with van der Waals surface area (Å²) in [4.78, 5) is 24.5. The lowest BCUT2D eigenvalue weighted by Gasteiger charge is -2.22. The van der Waals surface area contributed by atoms with E-state index >= 15 is 0 Å². The number of esters is 1. The molecule has 0 spiro atoms. The summed E-state index contributed by atoms with van der Waals surface area (Å²) in [7, 11) is 0. The highest BCUT2D eigenvalue weighted by Gasteiger charge is 2.20. The Labute approximate surface area is 411 Å². The Morgan fingerprint density at radius 1 is 0.424 bits per heavy atom. The molecule has 0 fully saturated rings. The van der Waals surface area contributed by atoms with E-state index in [1.807, 2.05) is 0 Å². The van der Waals surface area contributed by atoms with E-state index in [1.165, 1.54) is 231 Å². The van der Waals surface area contributed by atoms with Gasteiger partial charge in [0.05, 0.1) is 25.4 Å². The largest absolute Gasteiger partial charge is 0.466 e. The van der Waals surface area contributed by atoms with E-state index in [0.29, 0.717) is 25.9 Å². The molecule has 6 nitrogen and oxygen atoms in total. The first-order chi connectivity index (χ1) is 32.5. The summed E-state index contributed by atoms with van der Waals surface area (Å²) in [5, 5.41) is 23.4. The number of nitrogens with one attached hydrogen (secondary N) is 1. The van der Waals surface area contributed by atoms with E-state index in [1.54, 1.807) is 0 Å². The average Bonchev–Trinajstić information content (AvgIpc) is 3.32. The Hall–Kier alpha value is -1.66. The van der Waals surface area contributed by atoms with Crippen molar-refractivity contribution in [3.63, 3.8) is 0 Å². The van der Waals surface area contributed by atoms with E-state index in [4.69, 9.17) is 4.74 Å². The Morgan fingerprint density at radius 3 is 1.21 bits per heavy atom. The van der Waals surface area contributed by atoms with Gasteiger partial charge in [-0.05, 0) is 51.4 Å². The highest BCUT2D eigenvalue weighted by Crippen LogP contribution is 2.18. The van der Waals surface area contributed by atoms with Gasteiger partial charge in [0.25, 0.3) is 0 Å². The second kappa shape index (κ2) is 55.9. The van der Waals surface area contributed by atoms with Crippen molar-refractivity contribution in [1.82, 2.24) is 5.32 Å². The van der Waals surface area contributed by atoms with Crippen molar-refractivity contribution in [3.8, 4) is 0 Å². The Kier molecular flexibility index (Phi) is 54.5. The molecule has 0 aliphatic carbocycles. The first-order valence-electron chi connectivity index (χ1n) is 29.6. The van der Waals surface area contributed by atoms with Gasteiger partial charge >= 0.3 is 5.97 Å². The molecule has 390 valence electrons. The van der Waals surface area contributed by atoms with Crippen molar-refractivity contribution in [2.45, 2.75) is 334 Å². The molecular formula is C60H115NO5. The summed E-state index contributed by atoms with van der Waals surface area (Å²) in [6.07, 6.45) is 67.4. The van der Waals surface area contributed by atoms with Crippen molar-refractivity contribution in [2.75, 3.05) is 13.2 Å². The smallest absolute Gasteiger partial charge is 0.305 e. The molecule has 66 heavy (non-hydrogen) atoms. The molecule has 1 amide bonds. The van der Waals surface area contributed by atoms with Gasteiger partial charge in [0.15, 0.2) is 0 Å². The monoisotopic (exact) mass is 930 g/mol. The van der Waals surface area contributed by atoms with Crippen molar-refractivity contribution >= 4 is 11.9 Å². The van der Waals surface area contributed by atoms with Gasteiger partial charge in [0.1, 0.15) is 0 Å². The molecule has 3 N–H and O–H groups in total. The number of hydrogen-bond acceptors (Lipinski definition) is 5. The quantitative estimate of drug-likeness (QED) is 0.0321. The van der Waals surface area contributed by atoms with Crippen LogP contribution in [0.2, 0.25) is 0 Å². The minimum atomic E-state index is -0.673. The summed E-state index contributed by atoms with van der Waals surface area (Å²) in [5.74, 6) is -0.0599. The second-order valence-corrected chi connectivity index (χ2v) is 20.3. The molecule has 0 saturated carbocycles. The standard InChI is InChI=1S/C60H115NO5/c1-3-5-7-9-11-13-15-17-18-19-20-21-22-23-24-25-29-32-36-40-44-48-52-58(63)57(56-62)61-59(64)53-49-45-41-37-33-30-26-27-31-35-39-43-47-51-55-66-60(65)54-50-46-42-38-34-28-16-14-12-10-8-6-4-2/h8,10,14,16,57-58,62-63H,3-7,9,11-13,15,17-56H2,1-2H3,(H,61,64)/b10-8-,16-14-. The summed E-state index contributed by atoms with van der Waals surface area (Å²) in [6.45, 7) is 4.88. The van der Waals surface area contributed by atoms with Gasteiger partial charge in [-0.25, -0.2) is 0 Å². The maximum Gasteiger partial charge on any atom is 0.305 e. The number of amides is 1. The molecule has 0 aromatic carbocycles. The van der Waals surface area contributed by atoms with Crippen LogP contribution in [0.4, 0.5) is 0 Å². The second-order valence-electron chi connectivity index (χ2n) is 20.3. The average molecular weight is 931 g/mol. The number of aliphatic hydroxyl groups is 2. The first-order valence-corrected chi connectivity index (χ1v) is 29.6. The fourth-order valence-corrected chi connectivity index (χ4v) is 9.21. The van der Waals surface area contributed by atoms with Crippen LogP contribution < -0.4 is 5.32 Å². The van der Waals surface area contributed by atoms with Gasteiger partial charge in [-0.15, -0.1) is 0 Å². The highest BCUT2D eigenvalue weighted by atomic mass is 16.5. The number of aliphatic hydroxyl groups excluding tert-OH is 2. The number of rotatable bonds is 55. The summed E-state index contributed by atoms with van der Waals surface area (Å²) in [6, 6.07) is -0.551. The molecule has 0 aromatic heterocycles. The summed E-state index contributed by atoms with van der Waals surface area (Å²) >= 11 is 0. The minimum Gasteiger partial charge on any atom is -0.466 e. The fraction of sp³-hybridized carbons (Fsp3) is 0.900. The number of allylic oxidation sites excluding steroid dienone is 4. The van der Waals surface area contributed by atoms with Crippen LogP contribution in [-0.4, -0.2) is 47.4 Å². The molecule has 0 aliphatic rings. The summed E-state index contributed by atoms with van der Waals surface area (Å²) < 4.78 is 5.46. The van der Waals surface area contributed by atoms with Crippen molar-refractivity contribution in [1.29, 1.82) is 0 Å². The Morgan fingerprint density at radius 2 is 0.788 bits per heavy atom. The SMILES string of the molecule is CCC/C=C\C/C=C\CCCCCCCC(=O)OCCCCCCCCCCCCCCCCC(=O)NC(CO)C(O)CCCCCCCCCCCCCCCCCCCCCCCC. The van der Waals surface area contributed by atoms with Gasteiger partial charge in [-0.3, -0.25) is 9.59 Å². The zero-order chi connectivity index (χ0) is 47.9. The third-order valence-corrected chi connectivity index (χ3v) is 13.7. The van der Waals surface area contributed by atoms with Crippen LogP contribution in [0.3, 0.4) is 0 Å². The zero-order valence-corrected chi connectivity index (χ0v) is 44.4. The molecule has 0 aromatic rings. The van der Waals surface area contributed by atoms with Crippen molar-refractivity contribution in [2.24, 2.45) is 0 Å². The van der Waals surface area contributed by atoms with Gasteiger partial charge in [-0.2, -0.15) is 0 Å². The lowest BCUT2D eigenvalue weighted by molar-refractivity contribution is -0.143. The van der Waals surface area contributed by atoms with Gasteiger partial charge in [0, 0.05) is 12.8 Å². The number of carbonyl (C=O) groups excluding carboxylic acids is 2. The summed E-state index contributed by atoms with van der Waals surface area (Å²) in [5.41, 5.74) is 0. The van der Waals surface area contributed by atoms with Crippen molar-refractivity contribution < 1.29 is 24.5 Å². The minimum absolute atomic E-state index is 0.0168. The topological polar surface area (TPSA) is 95.9 Å². The third kappa shape index (κ3) is 51.7. The maximum atomic E-state index is 12.5. The highest BCUT2D eigenvalue weighted by molar-refractivity contribution is 5.76. The van der Waals surface area contributed by atoms with Crippen LogP contribution in [0, 0.1) is 0 Å². The predicted octanol–water partition coefficient (Wildman–Crippen LogP) is 18.2. The van der Waals surface area contributed by atoms with Crippen LogP contribution in [0.1, 0.15) is 322 Å². The van der Waals surface area contributed by atoms with Crippen LogP contribution >= 0.6 is 0 Å². The maximum absolute atomic E-state index is 12.5. The van der Waals surface area contributed by atoms with Gasteiger partial charge in [-0.1, -0.05) is 282 Å². The molecule has 0 aliphatic heterocycles. The lowest BCUT2D eigenvalue weighted by Crippen LogP contribution is -2.45.